The first-order valence-corrected chi connectivity index (χ1v) is 15.9. The van der Waals surface area contributed by atoms with Crippen molar-refractivity contribution in [1.82, 2.24) is 0 Å². The third-order valence-electron chi connectivity index (χ3n) is 8.00. The Morgan fingerprint density at radius 3 is 1.52 bits per heavy atom. The normalized spacial score (nSPS) is 11.9. The van der Waals surface area contributed by atoms with Gasteiger partial charge in [-0.3, -0.25) is 0 Å². The summed E-state index contributed by atoms with van der Waals surface area (Å²) in [4.78, 5) is 37.2. The number of hydrogen-bond donors (Lipinski definition) is 0. The zero-order chi connectivity index (χ0) is 38.6. The number of esters is 1. The lowest BCUT2D eigenvalue weighted by molar-refractivity contribution is -0.158. The van der Waals surface area contributed by atoms with Gasteiger partial charge in [0.05, 0.1) is 22.3 Å². The van der Waals surface area contributed by atoms with Crippen molar-refractivity contribution in [3.63, 3.8) is 0 Å². The quantitative estimate of drug-likeness (QED) is 0.0398. The molecule has 0 unspecified atom stereocenters. The Bertz CT molecular complexity index is 2310. The zero-order valence-corrected chi connectivity index (χ0v) is 27.7. The summed E-state index contributed by atoms with van der Waals surface area (Å²) in [5.41, 5.74) is -5.12. The van der Waals surface area contributed by atoms with E-state index in [0.717, 1.165) is 18.2 Å². The number of carbonyl (C=O) groups is 1. The van der Waals surface area contributed by atoms with Crippen LogP contribution in [-0.4, -0.2) is 32.1 Å². The highest BCUT2D eigenvalue weighted by atomic mass is 19.4. The Hall–Kier alpha value is -6.35. The summed E-state index contributed by atoms with van der Waals surface area (Å²) in [6, 6.07) is 20.5. The van der Waals surface area contributed by atoms with Crippen LogP contribution in [0.4, 0.5) is 26.3 Å². The van der Waals surface area contributed by atoms with E-state index in [9.17, 15) is 40.7 Å². The van der Waals surface area contributed by atoms with Crippen molar-refractivity contribution in [2.45, 2.75) is 18.5 Å². The largest absolute Gasteiger partial charge is 0.491 e. The van der Waals surface area contributed by atoms with Gasteiger partial charge in [-0.15, -0.1) is 0 Å². The highest BCUT2D eigenvalue weighted by Gasteiger charge is 2.35. The Morgan fingerprint density at radius 2 is 1.09 bits per heavy atom. The van der Waals surface area contributed by atoms with Gasteiger partial charge in [0.25, 0.3) is 0 Å². The molecule has 0 N–H and O–H groups in total. The molecule has 6 aromatic rings. The zero-order valence-electron chi connectivity index (χ0n) is 27.7. The summed E-state index contributed by atoms with van der Waals surface area (Å²) < 4.78 is 115. The van der Waals surface area contributed by atoms with E-state index >= 15 is 0 Å². The van der Waals surface area contributed by atoms with Gasteiger partial charge in [-0.05, 0) is 48.5 Å². The molecule has 0 aliphatic rings. The summed E-state index contributed by atoms with van der Waals surface area (Å²) in [5.74, 6) is -0.401. The monoisotopic (exact) mass is 752 g/mol. The molecule has 0 aliphatic heterocycles. The first kappa shape index (κ1) is 37.4. The lowest BCUT2D eigenvalue weighted by atomic mass is 10.00. The molecule has 4 aromatic carbocycles. The van der Waals surface area contributed by atoms with E-state index in [2.05, 4.69) is 6.58 Å². The van der Waals surface area contributed by atoms with Crippen molar-refractivity contribution < 1.29 is 58.9 Å². The fourth-order valence-corrected chi connectivity index (χ4v) is 5.44. The van der Waals surface area contributed by atoms with Gasteiger partial charge in [0.2, 0.25) is 0 Å². The van der Waals surface area contributed by atoms with Crippen LogP contribution >= 0.6 is 0 Å². The van der Waals surface area contributed by atoms with Crippen molar-refractivity contribution >= 4 is 27.9 Å². The number of halogens is 6. The smallest absolute Gasteiger partial charge is 0.417 e. The predicted octanol–water partition coefficient (Wildman–Crippen LogP) is 8.80. The van der Waals surface area contributed by atoms with Crippen molar-refractivity contribution in [3.05, 3.63) is 142 Å². The summed E-state index contributed by atoms with van der Waals surface area (Å²) in [6.45, 7) is 2.35. The van der Waals surface area contributed by atoms with Crippen LogP contribution in [-0.2, 0) is 26.6 Å². The van der Waals surface area contributed by atoms with Crippen LogP contribution in [0.5, 0.6) is 11.5 Å². The molecule has 54 heavy (non-hydrogen) atoms. The topological polar surface area (TPSA) is 114 Å². The predicted molar refractivity (Wildman–Crippen MR) is 183 cm³/mol. The molecule has 278 valence electrons. The Balaban J connectivity index is 1.19. The van der Waals surface area contributed by atoms with Crippen LogP contribution < -0.4 is 20.7 Å². The minimum Gasteiger partial charge on any atom is -0.491 e. The van der Waals surface area contributed by atoms with Gasteiger partial charge in [0.1, 0.15) is 42.0 Å². The number of rotatable bonds is 12. The standard InChI is InChI=1S/C39H26F6O9/c1-2-35(46)52-21-51-26(19-49-24-13-11-22-15-29(36(47)53-33(22)17-24)27-7-3-5-9-31(27)38(40,41)42)20-50-25-14-12-23-16-30(37(48)54-34(23)18-25)28-8-4-6-10-32(28)39(43,44)45/h2-18,26H,1,19-21H2. The number of ether oxygens (including phenoxy) is 4. The molecular weight excluding hydrogens is 726 g/mol. The molecule has 2 aromatic heterocycles. The molecule has 15 heteroatoms. The van der Waals surface area contributed by atoms with Crippen LogP contribution in [0.3, 0.4) is 0 Å². The van der Waals surface area contributed by atoms with E-state index in [1.54, 1.807) is 0 Å². The second kappa shape index (κ2) is 15.3. The van der Waals surface area contributed by atoms with Gasteiger partial charge in [-0.25, -0.2) is 14.4 Å². The van der Waals surface area contributed by atoms with Crippen LogP contribution in [0.25, 0.3) is 44.2 Å². The van der Waals surface area contributed by atoms with E-state index in [4.69, 9.17) is 27.8 Å². The summed E-state index contributed by atoms with van der Waals surface area (Å²) in [7, 11) is 0. The third kappa shape index (κ3) is 8.47. The molecule has 9 nitrogen and oxygen atoms in total. The molecule has 0 saturated carbocycles. The molecule has 6 rings (SSSR count). The van der Waals surface area contributed by atoms with Gasteiger partial charge < -0.3 is 27.8 Å². The van der Waals surface area contributed by atoms with E-state index in [-0.39, 0.29) is 58.1 Å². The maximum Gasteiger partial charge on any atom is 0.417 e. The fraction of sp³-hybridized carbons (Fsp3) is 0.154. The number of carbonyl (C=O) groups excluding carboxylic acids is 1. The molecule has 0 bridgehead atoms. The summed E-state index contributed by atoms with van der Waals surface area (Å²) >= 11 is 0. The van der Waals surface area contributed by atoms with E-state index < -0.39 is 53.6 Å². The first-order valence-electron chi connectivity index (χ1n) is 15.9. The second-order valence-corrected chi connectivity index (χ2v) is 11.6. The van der Waals surface area contributed by atoms with Gasteiger partial charge in [-0.1, -0.05) is 43.0 Å². The average molecular weight is 753 g/mol. The van der Waals surface area contributed by atoms with Crippen molar-refractivity contribution in [1.29, 1.82) is 0 Å². The lowest BCUT2D eigenvalue weighted by Crippen LogP contribution is -2.30. The SMILES string of the molecule is C=CC(=O)OCOC(COc1ccc2cc(-c3ccccc3C(F)(F)F)c(=O)oc2c1)COc1ccc2cc(-c3ccccc3C(F)(F)F)c(=O)oc2c1. The van der Waals surface area contributed by atoms with Crippen LogP contribution in [0.2, 0.25) is 0 Å². The van der Waals surface area contributed by atoms with Crippen molar-refractivity contribution in [2.75, 3.05) is 20.0 Å². The summed E-state index contributed by atoms with van der Waals surface area (Å²) in [6.07, 6.45) is -9.40. The number of fused-ring (bicyclic) bond motifs is 2. The molecule has 2 heterocycles. The van der Waals surface area contributed by atoms with E-state index in [1.165, 1.54) is 84.9 Å². The molecule has 0 aliphatic carbocycles. The number of alkyl halides is 6. The molecule has 0 fully saturated rings. The second-order valence-electron chi connectivity index (χ2n) is 11.6. The number of hydrogen-bond acceptors (Lipinski definition) is 9. The highest BCUT2D eigenvalue weighted by molar-refractivity contribution is 5.85. The van der Waals surface area contributed by atoms with Gasteiger partial charge >= 0.3 is 29.6 Å². The first-order chi connectivity index (χ1) is 25.7. The molecular formula is C39H26F6O9. The maximum absolute atomic E-state index is 13.6. The number of benzene rings is 4. The Morgan fingerprint density at radius 1 is 0.648 bits per heavy atom. The molecule has 0 saturated heterocycles. The molecule has 0 atom stereocenters. The molecule has 0 radical (unpaired) electrons. The molecule has 0 spiro atoms. The molecule has 0 amide bonds. The van der Waals surface area contributed by atoms with Gasteiger partial charge in [0, 0.05) is 40.1 Å². The lowest BCUT2D eigenvalue weighted by Gasteiger charge is -2.19. The van der Waals surface area contributed by atoms with Crippen LogP contribution in [0, 0.1) is 0 Å². The van der Waals surface area contributed by atoms with Crippen molar-refractivity contribution in [2.24, 2.45) is 0 Å². The Kier molecular flexibility index (Phi) is 10.6. The average Bonchev–Trinajstić information content (AvgIpc) is 3.14. The van der Waals surface area contributed by atoms with Gasteiger partial charge in [-0.2, -0.15) is 26.3 Å². The Labute approximate surface area is 300 Å². The minimum atomic E-state index is -4.70. The van der Waals surface area contributed by atoms with Crippen molar-refractivity contribution in [3.8, 4) is 33.8 Å². The fourth-order valence-electron chi connectivity index (χ4n) is 5.44. The van der Waals surface area contributed by atoms with Crippen LogP contribution in [0.1, 0.15) is 11.1 Å². The van der Waals surface area contributed by atoms with E-state index in [0.29, 0.717) is 10.8 Å². The van der Waals surface area contributed by atoms with Crippen LogP contribution in [0.15, 0.2) is 128 Å². The maximum atomic E-state index is 13.6. The van der Waals surface area contributed by atoms with E-state index in [1.807, 2.05) is 0 Å². The van der Waals surface area contributed by atoms with Gasteiger partial charge in [0.15, 0.2) is 6.79 Å². The summed E-state index contributed by atoms with van der Waals surface area (Å²) in [5, 5.41) is 0.641. The highest BCUT2D eigenvalue weighted by Crippen LogP contribution is 2.38. The minimum absolute atomic E-state index is 0.0297. The third-order valence-corrected chi connectivity index (χ3v) is 8.00.